The van der Waals surface area contributed by atoms with Crippen molar-refractivity contribution >= 4 is 45.7 Å². The molecule has 3 nitrogen and oxygen atoms in total. The molecule has 1 heterocycles. The number of hydrogen-bond donors (Lipinski definition) is 0. The van der Waals surface area contributed by atoms with Crippen LogP contribution in [0, 0.1) is 3.80 Å². The van der Waals surface area contributed by atoms with Crippen molar-refractivity contribution in [1.82, 2.24) is 10.5 Å². The number of benzene rings is 2. The van der Waals surface area contributed by atoms with Crippen molar-refractivity contribution in [2.24, 2.45) is 7.05 Å². The Morgan fingerprint density at radius 1 is 0.844 bits per heavy atom. The van der Waals surface area contributed by atoms with Gasteiger partial charge in [-0.25, -0.2) is 0 Å². The first kappa shape index (κ1) is 27.6. The molecule has 0 amide bonds. The molecular weight excluding hydrogens is 845 g/mol. The van der Waals surface area contributed by atoms with Crippen LogP contribution < -0.4 is 0 Å². The molecule has 0 aliphatic carbocycles. The molecule has 0 fully saturated rings. The standard InChI is InChI=1S/C12H11F3N2.C8H6F3I2N.Pt/c1-16-5-6-17(9-16)8-10-3-2-4-11(7-10)12(13,14)15;9-8(10,11)7-3-1-6(2-4-7)5-14(12)13;/h2-7H,8H2,1H3;1-4H,5H2;. The minimum absolute atomic E-state index is 0.434. The summed E-state index contributed by atoms with van der Waals surface area (Å²) in [6.07, 6.45) is -4.81. The molecule has 3 aromatic rings. The minimum atomic E-state index is -4.29. The topological polar surface area (TPSA) is 13.1 Å². The Morgan fingerprint density at radius 3 is 1.91 bits per heavy atom. The van der Waals surface area contributed by atoms with Crippen molar-refractivity contribution in [2.75, 3.05) is 0 Å². The van der Waals surface area contributed by atoms with Gasteiger partial charge in [-0.05, 0) is 17.7 Å². The summed E-state index contributed by atoms with van der Waals surface area (Å²) in [5, 5.41) is 0. The molecule has 32 heavy (non-hydrogen) atoms. The summed E-state index contributed by atoms with van der Waals surface area (Å²) in [7, 11) is 1.89. The zero-order valence-corrected chi connectivity index (χ0v) is 23.0. The first-order valence-corrected chi connectivity index (χ1v) is 11.9. The van der Waals surface area contributed by atoms with Crippen molar-refractivity contribution in [2.45, 2.75) is 25.4 Å². The quantitative estimate of drug-likeness (QED) is 0.154. The third-order valence-electron chi connectivity index (χ3n) is 4.15. The molecule has 0 aliphatic rings. The van der Waals surface area contributed by atoms with Crippen molar-refractivity contribution in [3.8, 4) is 0 Å². The number of nitrogens with zero attached hydrogens (tertiary/aromatic N) is 3. The van der Waals surface area contributed by atoms with E-state index < -0.39 is 23.5 Å². The van der Waals surface area contributed by atoms with Crippen LogP contribution in [-0.4, -0.2) is 10.5 Å². The van der Waals surface area contributed by atoms with E-state index in [9.17, 15) is 26.3 Å². The van der Waals surface area contributed by atoms with Gasteiger partial charge in [-0.3, -0.25) is 0 Å². The van der Waals surface area contributed by atoms with Gasteiger partial charge in [0.2, 0.25) is 0 Å². The van der Waals surface area contributed by atoms with E-state index in [-0.39, 0.29) is 0 Å². The van der Waals surface area contributed by atoms with Crippen LogP contribution in [0.25, 0.3) is 0 Å². The summed E-state index contributed by atoms with van der Waals surface area (Å²) in [6.45, 7) is 1.06. The molecule has 12 heteroatoms. The first-order chi connectivity index (χ1) is 14.8. The van der Waals surface area contributed by atoms with Crippen molar-refractivity contribution in [1.29, 1.82) is 0 Å². The number of aromatic nitrogens is 2. The summed E-state index contributed by atoms with van der Waals surface area (Å²) >= 11 is 6.28. The van der Waals surface area contributed by atoms with E-state index in [0.29, 0.717) is 18.7 Å². The number of aryl methyl sites for hydroxylation is 1. The maximum absolute atomic E-state index is 12.6. The van der Waals surface area contributed by atoms with Crippen LogP contribution in [0.15, 0.2) is 60.9 Å². The van der Waals surface area contributed by atoms with Gasteiger partial charge >= 0.3 is 119 Å². The summed E-state index contributed by atoms with van der Waals surface area (Å²) < 4.78 is 80.9. The molecule has 2 aromatic carbocycles. The van der Waals surface area contributed by atoms with E-state index in [1.807, 2.05) is 29.9 Å². The van der Waals surface area contributed by atoms with Crippen LogP contribution in [-0.2, 0) is 51.8 Å². The summed E-state index contributed by atoms with van der Waals surface area (Å²) in [5.74, 6) is 0. The second kappa shape index (κ2) is 11.7. The third kappa shape index (κ3) is 8.60. The van der Waals surface area contributed by atoms with Crippen molar-refractivity contribution in [3.63, 3.8) is 0 Å². The maximum atomic E-state index is 12.6. The zero-order valence-electron chi connectivity index (χ0n) is 16.4. The predicted octanol–water partition coefficient (Wildman–Crippen LogP) is 7.18. The minimum Gasteiger partial charge on any atom is -0.184 e. The van der Waals surface area contributed by atoms with Gasteiger partial charge in [0, 0.05) is 52.3 Å². The molecule has 1 aromatic heterocycles. The van der Waals surface area contributed by atoms with E-state index in [1.54, 1.807) is 6.07 Å². The van der Waals surface area contributed by atoms with Gasteiger partial charge < -0.3 is 0 Å². The average Bonchev–Trinajstić information content (AvgIpc) is 2.99. The molecule has 0 saturated carbocycles. The van der Waals surface area contributed by atoms with Crippen LogP contribution in [0.5, 0.6) is 0 Å². The predicted molar refractivity (Wildman–Crippen MR) is 122 cm³/mol. The van der Waals surface area contributed by atoms with Crippen LogP contribution in [0.1, 0.15) is 22.3 Å². The van der Waals surface area contributed by atoms with Gasteiger partial charge in [0.25, 0.3) is 0 Å². The molecule has 3 rings (SSSR count). The Kier molecular flexibility index (Phi) is 10.0. The molecule has 0 N–H and O–H groups in total. The van der Waals surface area contributed by atoms with E-state index in [2.05, 4.69) is 65.1 Å². The zero-order chi connectivity index (χ0) is 24.1. The number of imidazole rings is 1. The van der Waals surface area contributed by atoms with Crippen LogP contribution in [0.2, 0.25) is 0 Å². The SMILES string of the molecule is Cn1ccn(Cc2cccc(C(F)(F)F)c2)[c]1=[Pt].FC(F)(F)c1ccc(CN(I)I)cc1. The molecule has 0 bridgehead atoms. The summed E-state index contributed by atoms with van der Waals surface area (Å²) in [6, 6.07) is 10.6. The maximum Gasteiger partial charge on any atom is 0.416 e. The molecule has 0 aliphatic heterocycles. The Bertz CT molecular complexity index is 1070. The fourth-order valence-electron chi connectivity index (χ4n) is 2.59. The Balaban J connectivity index is 0.000000235. The van der Waals surface area contributed by atoms with Gasteiger partial charge in [0.15, 0.2) is 0 Å². The van der Waals surface area contributed by atoms with Crippen LogP contribution in [0.3, 0.4) is 0 Å². The Hall–Kier alpha value is -0.662. The van der Waals surface area contributed by atoms with Gasteiger partial charge in [0.1, 0.15) is 0 Å². The monoisotopic (exact) mass is 862 g/mol. The van der Waals surface area contributed by atoms with Gasteiger partial charge in [-0.1, -0.05) is 12.1 Å². The second-order valence-electron chi connectivity index (χ2n) is 6.63. The number of rotatable bonds is 4. The molecule has 0 unspecified atom stereocenters. The fourth-order valence-corrected chi connectivity index (χ4v) is 3.90. The molecule has 0 spiro atoms. The molecule has 0 atom stereocenters. The van der Waals surface area contributed by atoms with E-state index >= 15 is 0 Å². The molecular formula is C20H17F6I2N3Pt. The number of halogens is 8. The summed E-state index contributed by atoms with van der Waals surface area (Å²) in [5.41, 5.74) is 0.294. The fraction of sp³-hybridized carbons (Fsp3) is 0.250. The first-order valence-electron chi connectivity index (χ1n) is 8.86. The normalized spacial score (nSPS) is 12.0. The molecule has 0 saturated heterocycles. The van der Waals surface area contributed by atoms with Crippen molar-refractivity contribution in [3.05, 3.63) is 87.0 Å². The van der Waals surface area contributed by atoms with E-state index in [1.165, 1.54) is 24.3 Å². The van der Waals surface area contributed by atoms with E-state index in [0.717, 1.165) is 27.6 Å². The number of hydrogen-bond acceptors (Lipinski definition) is 1. The van der Waals surface area contributed by atoms with Gasteiger partial charge in [-0.2, -0.15) is 14.5 Å². The Labute approximate surface area is 219 Å². The average molecular weight is 862 g/mol. The number of alkyl halides is 6. The summed E-state index contributed by atoms with van der Waals surface area (Å²) in [4.78, 5) is 0. The van der Waals surface area contributed by atoms with E-state index in [4.69, 9.17) is 0 Å². The molecule has 0 radical (unpaired) electrons. The Morgan fingerprint density at radius 2 is 1.44 bits per heavy atom. The van der Waals surface area contributed by atoms with Crippen molar-refractivity contribution < 1.29 is 45.7 Å². The smallest absolute Gasteiger partial charge is 0.184 e. The third-order valence-corrected chi connectivity index (χ3v) is 6.29. The van der Waals surface area contributed by atoms with Gasteiger partial charge in [-0.15, -0.1) is 0 Å². The van der Waals surface area contributed by atoms with Crippen LogP contribution >= 0.6 is 45.7 Å². The van der Waals surface area contributed by atoms with Gasteiger partial charge in [0.05, 0.1) is 5.56 Å². The second-order valence-corrected chi connectivity index (χ2v) is 11.8. The van der Waals surface area contributed by atoms with Crippen LogP contribution in [0.4, 0.5) is 26.3 Å². The molecule has 178 valence electrons. The largest absolute Gasteiger partial charge is 0.416 e.